The molecule has 0 atom stereocenters. The Balaban J connectivity index is 2.43. The number of rotatable bonds is 5. The van der Waals surface area contributed by atoms with E-state index < -0.39 is 5.97 Å². The lowest BCUT2D eigenvalue weighted by Crippen LogP contribution is -2.08. The molecule has 15 heavy (non-hydrogen) atoms. The first-order valence-electron chi connectivity index (χ1n) is 4.85. The predicted molar refractivity (Wildman–Crippen MR) is 56.9 cm³/mol. The maximum atomic E-state index is 10.3. The predicted octanol–water partition coefficient (Wildman–Crippen LogP) is 1.37. The second-order valence-corrected chi connectivity index (χ2v) is 3.37. The van der Waals surface area contributed by atoms with Crippen molar-refractivity contribution in [1.29, 1.82) is 0 Å². The highest BCUT2D eigenvalue weighted by atomic mass is 16.4. The van der Waals surface area contributed by atoms with Gasteiger partial charge in [-0.2, -0.15) is 0 Å². The summed E-state index contributed by atoms with van der Waals surface area (Å²) in [7, 11) is 0. The van der Waals surface area contributed by atoms with Crippen LogP contribution < -0.4 is 5.32 Å². The van der Waals surface area contributed by atoms with E-state index in [-0.39, 0.29) is 6.42 Å². The quantitative estimate of drug-likeness (QED) is 0.716. The van der Waals surface area contributed by atoms with Crippen LogP contribution in [0.5, 0.6) is 0 Å². The lowest BCUT2D eigenvalue weighted by Gasteiger charge is -2.07. The van der Waals surface area contributed by atoms with E-state index in [1.807, 2.05) is 13.8 Å². The number of carboxylic acids is 1. The number of carboxylic acid groups (broad SMARTS) is 1. The monoisotopic (exact) mass is 209 g/mol. The van der Waals surface area contributed by atoms with Gasteiger partial charge in [-0.25, -0.2) is 4.98 Å². The standard InChI is InChI=1S/C10H15N3O2/c1-7-6-12-8(2)10(13-7)11-5-3-4-9(14)15/h6H,3-5H2,1-2H3,(H,11,13)(H,14,15). The first-order chi connectivity index (χ1) is 7.09. The van der Waals surface area contributed by atoms with Crippen LogP contribution in [0, 0.1) is 13.8 Å². The lowest BCUT2D eigenvalue weighted by atomic mass is 10.3. The summed E-state index contributed by atoms with van der Waals surface area (Å²) in [6, 6.07) is 0. The zero-order valence-corrected chi connectivity index (χ0v) is 8.95. The topological polar surface area (TPSA) is 75.1 Å². The fourth-order valence-corrected chi connectivity index (χ4v) is 1.15. The van der Waals surface area contributed by atoms with Crippen molar-refractivity contribution in [3.63, 3.8) is 0 Å². The van der Waals surface area contributed by atoms with Gasteiger partial charge in [-0.3, -0.25) is 9.78 Å². The SMILES string of the molecule is Cc1cnc(C)c(NCCCC(=O)O)n1. The molecule has 1 aromatic heterocycles. The molecule has 0 fully saturated rings. The Hall–Kier alpha value is -1.65. The smallest absolute Gasteiger partial charge is 0.303 e. The summed E-state index contributed by atoms with van der Waals surface area (Å²) in [4.78, 5) is 18.7. The molecule has 5 heteroatoms. The summed E-state index contributed by atoms with van der Waals surface area (Å²) in [6.07, 6.45) is 2.47. The Labute approximate surface area is 88.6 Å². The van der Waals surface area contributed by atoms with Crippen molar-refractivity contribution in [1.82, 2.24) is 9.97 Å². The van der Waals surface area contributed by atoms with E-state index >= 15 is 0 Å². The van der Waals surface area contributed by atoms with E-state index in [1.54, 1.807) is 6.20 Å². The van der Waals surface area contributed by atoms with Crippen LogP contribution in [-0.4, -0.2) is 27.6 Å². The Morgan fingerprint density at radius 2 is 2.27 bits per heavy atom. The van der Waals surface area contributed by atoms with Gasteiger partial charge in [0, 0.05) is 19.2 Å². The summed E-state index contributed by atoms with van der Waals surface area (Å²) in [6.45, 7) is 4.34. The molecule has 0 aliphatic rings. The Morgan fingerprint density at radius 1 is 1.53 bits per heavy atom. The first kappa shape index (κ1) is 11.4. The van der Waals surface area contributed by atoms with Crippen LogP contribution in [0.3, 0.4) is 0 Å². The highest BCUT2D eigenvalue weighted by molar-refractivity contribution is 5.66. The third-order valence-electron chi connectivity index (χ3n) is 1.94. The maximum absolute atomic E-state index is 10.3. The molecule has 0 bridgehead atoms. The summed E-state index contributed by atoms with van der Waals surface area (Å²) >= 11 is 0. The van der Waals surface area contributed by atoms with Gasteiger partial charge in [0.1, 0.15) is 5.82 Å². The van der Waals surface area contributed by atoms with Crippen molar-refractivity contribution in [3.8, 4) is 0 Å². The summed E-state index contributed by atoms with van der Waals surface area (Å²) < 4.78 is 0. The van der Waals surface area contributed by atoms with Gasteiger partial charge >= 0.3 is 5.97 Å². The van der Waals surface area contributed by atoms with Crippen molar-refractivity contribution < 1.29 is 9.90 Å². The van der Waals surface area contributed by atoms with Gasteiger partial charge in [-0.05, 0) is 20.3 Å². The number of hydrogen-bond acceptors (Lipinski definition) is 4. The number of hydrogen-bond donors (Lipinski definition) is 2. The number of nitrogens with zero attached hydrogens (tertiary/aromatic N) is 2. The molecule has 0 aliphatic heterocycles. The number of nitrogens with one attached hydrogen (secondary N) is 1. The van der Waals surface area contributed by atoms with E-state index in [0.717, 1.165) is 17.2 Å². The third kappa shape index (κ3) is 3.93. The van der Waals surface area contributed by atoms with Gasteiger partial charge in [0.25, 0.3) is 0 Å². The minimum atomic E-state index is -0.774. The molecule has 0 saturated carbocycles. The van der Waals surface area contributed by atoms with E-state index in [4.69, 9.17) is 5.11 Å². The first-order valence-corrected chi connectivity index (χ1v) is 4.85. The molecule has 0 unspecified atom stereocenters. The number of aromatic nitrogens is 2. The molecule has 1 heterocycles. The molecule has 1 rings (SSSR count). The van der Waals surface area contributed by atoms with Crippen LogP contribution in [0.4, 0.5) is 5.82 Å². The highest BCUT2D eigenvalue weighted by Crippen LogP contribution is 2.08. The molecule has 0 aromatic carbocycles. The van der Waals surface area contributed by atoms with Crippen LogP contribution in [0.2, 0.25) is 0 Å². The van der Waals surface area contributed by atoms with Crippen LogP contribution in [0.25, 0.3) is 0 Å². The molecule has 1 aromatic rings. The average molecular weight is 209 g/mol. The van der Waals surface area contributed by atoms with Crippen LogP contribution in [0.1, 0.15) is 24.2 Å². The van der Waals surface area contributed by atoms with Crippen molar-refractivity contribution >= 4 is 11.8 Å². The molecule has 0 spiro atoms. The molecular weight excluding hydrogens is 194 g/mol. The van der Waals surface area contributed by atoms with Gasteiger partial charge in [-0.1, -0.05) is 0 Å². The minimum Gasteiger partial charge on any atom is -0.481 e. The van der Waals surface area contributed by atoms with Gasteiger partial charge in [0.15, 0.2) is 0 Å². The lowest BCUT2D eigenvalue weighted by molar-refractivity contribution is -0.137. The molecule has 82 valence electrons. The van der Waals surface area contributed by atoms with Gasteiger partial charge in [0.2, 0.25) is 0 Å². The molecule has 0 radical (unpaired) electrons. The molecule has 2 N–H and O–H groups in total. The van der Waals surface area contributed by atoms with E-state index in [2.05, 4.69) is 15.3 Å². The van der Waals surface area contributed by atoms with Crippen molar-refractivity contribution in [3.05, 3.63) is 17.6 Å². The Bertz CT molecular complexity index is 353. The number of aliphatic carboxylic acids is 1. The maximum Gasteiger partial charge on any atom is 0.303 e. The summed E-state index contributed by atoms with van der Waals surface area (Å²) in [5, 5.41) is 11.5. The second-order valence-electron chi connectivity index (χ2n) is 3.37. The van der Waals surface area contributed by atoms with Crippen molar-refractivity contribution in [2.24, 2.45) is 0 Å². The second kappa shape index (κ2) is 5.29. The molecule has 0 saturated heterocycles. The fourth-order valence-electron chi connectivity index (χ4n) is 1.15. The Morgan fingerprint density at radius 3 is 2.93 bits per heavy atom. The van der Waals surface area contributed by atoms with Gasteiger partial charge < -0.3 is 10.4 Å². The summed E-state index contributed by atoms with van der Waals surface area (Å²) in [5.41, 5.74) is 1.68. The molecule has 0 aliphatic carbocycles. The Kier molecular flexibility index (Phi) is 4.03. The van der Waals surface area contributed by atoms with Crippen LogP contribution in [-0.2, 0) is 4.79 Å². The van der Waals surface area contributed by atoms with Crippen molar-refractivity contribution in [2.75, 3.05) is 11.9 Å². The molecular formula is C10H15N3O2. The van der Waals surface area contributed by atoms with E-state index in [9.17, 15) is 4.79 Å². The minimum absolute atomic E-state index is 0.172. The molecule has 0 amide bonds. The van der Waals surface area contributed by atoms with Crippen LogP contribution >= 0.6 is 0 Å². The van der Waals surface area contributed by atoms with E-state index in [1.165, 1.54) is 0 Å². The van der Waals surface area contributed by atoms with Crippen molar-refractivity contribution in [2.45, 2.75) is 26.7 Å². The highest BCUT2D eigenvalue weighted by Gasteiger charge is 2.01. The molecule has 5 nitrogen and oxygen atoms in total. The zero-order chi connectivity index (χ0) is 11.3. The van der Waals surface area contributed by atoms with Gasteiger partial charge in [-0.15, -0.1) is 0 Å². The average Bonchev–Trinajstić information content (AvgIpc) is 2.17. The number of anilines is 1. The number of aryl methyl sites for hydroxylation is 2. The zero-order valence-electron chi connectivity index (χ0n) is 8.95. The largest absolute Gasteiger partial charge is 0.481 e. The van der Waals surface area contributed by atoms with E-state index in [0.29, 0.717) is 13.0 Å². The normalized spacial score (nSPS) is 10.0. The number of carbonyl (C=O) groups is 1. The fraction of sp³-hybridized carbons (Fsp3) is 0.500. The van der Waals surface area contributed by atoms with Crippen LogP contribution in [0.15, 0.2) is 6.20 Å². The van der Waals surface area contributed by atoms with Gasteiger partial charge in [0.05, 0.1) is 11.4 Å². The third-order valence-corrected chi connectivity index (χ3v) is 1.94. The summed E-state index contributed by atoms with van der Waals surface area (Å²) in [5.74, 6) is -0.0377.